The number of carbonyl (C=O) groups is 2. The molecule has 0 radical (unpaired) electrons. The van der Waals surface area contributed by atoms with Crippen molar-refractivity contribution in [1.82, 2.24) is 25.5 Å². The van der Waals surface area contributed by atoms with Gasteiger partial charge in [-0.3, -0.25) is 14.5 Å². The van der Waals surface area contributed by atoms with Gasteiger partial charge in [0.25, 0.3) is 11.8 Å². The molecular weight excluding hydrogens is 505 g/mol. The molecule has 1 aromatic carbocycles. The van der Waals surface area contributed by atoms with Crippen LogP contribution in [0.1, 0.15) is 70.9 Å². The fraction of sp³-hybridized carbons (Fsp3) is 0.480. The van der Waals surface area contributed by atoms with Crippen LogP contribution in [0, 0.1) is 0 Å². The van der Waals surface area contributed by atoms with Crippen LogP contribution in [-0.4, -0.2) is 50.8 Å². The third-order valence-corrected chi connectivity index (χ3v) is 8.17. The van der Waals surface area contributed by atoms with E-state index in [1.165, 1.54) is 16.2 Å². The normalized spacial score (nSPS) is 20.3. The van der Waals surface area contributed by atoms with Crippen LogP contribution in [-0.2, 0) is 13.0 Å². The average Bonchev–Trinajstić information content (AvgIpc) is 3.50. The average molecular weight is 537 g/mol. The standard InChI is InChI=1S/C25H30ClN5O2S.ClH/c1-25(2,3)31-10-9-19-21(13-31)34-24(30-19)23(33)29-18-6-4-5-17(18)28-22(32)20-12-14-11-15(26)7-8-16(14)27-20;/h7-8,11-12,17-18,27H,4-6,9-10,13H2,1-3H3,(H,28,32)(H,29,33);1H/t17-,18-;/m1./s1. The SMILES string of the molecule is CC(C)(C)N1CCc2nc(C(=O)N[C@@H]3CCC[C@H]3NC(=O)c3cc4cc(Cl)ccc4[nH]3)sc2C1.Cl. The number of aromatic nitrogens is 2. The van der Waals surface area contributed by atoms with Crippen molar-refractivity contribution in [2.45, 2.75) is 70.6 Å². The smallest absolute Gasteiger partial charge is 0.280 e. The number of amides is 2. The fourth-order valence-corrected chi connectivity index (χ4v) is 6.08. The summed E-state index contributed by atoms with van der Waals surface area (Å²) >= 11 is 7.56. The van der Waals surface area contributed by atoms with Gasteiger partial charge in [-0.1, -0.05) is 11.6 Å². The number of thiazole rings is 1. The molecule has 1 fully saturated rings. The lowest BCUT2D eigenvalue weighted by Crippen LogP contribution is -2.48. The molecule has 1 aliphatic carbocycles. The lowest BCUT2D eigenvalue weighted by Gasteiger charge is -2.37. The van der Waals surface area contributed by atoms with Crippen molar-refractivity contribution in [2.75, 3.05) is 6.54 Å². The Labute approximate surface area is 220 Å². The summed E-state index contributed by atoms with van der Waals surface area (Å²) < 4.78 is 0. The quantitative estimate of drug-likeness (QED) is 0.441. The molecule has 35 heavy (non-hydrogen) atoms. The minimum absolute atomic E-state index is 0. The Kier molecular flexibility index (Phi) is 7.48. The Balaban J connectivity index is 0.00000289. The minimum atomic E-state index is -0.176. The van der Waals surface area contributed by atoms with Gasteiger partial charge in [0.05, 0.1) is 5.69 Å². The van der Waals surface area contributed by atoms with Crippen molar-refractivity contribution in [1.29, 1.82) is 0 Å². The van der Waals surface area contributed by atoms with E-state index in [9.17, 15) is 9.59 Å². The van der Waals surface area contributed by atoms with E-state index in [1.54, 1.807) is 12.1 Å². The number of nitrogens with zero attached hydrogens (tertiary/aromatic N) is 2. The molecule has 3 N–H and O–H groups in total. The summed E-state index contributed by atoms with van der Waals surface area (Å²) in [6, 6.07) is 7.07. The van der Waals surface area contributed by atoms with Gasteiger partial charge in [-0.2, -0.15) is 0 Å². The highest BCUT2D eigenvalue weighted by atomic mass is 35.5. The van der Waals surface area contributed by atoms with E-state index in [2.05, 4.69) is 46.3 Å². The molecule has 0 bridgehead atoms. The van der Waals surface area contributed by atoms with Crippen molar-refractivity contribution in [3.63, 3.8) is 0 Å². The molecular formula is C25H31Cl2N5O2S. The third kappa shape index (κ3) is 5.50. The highest BCUT2D eigenvalue weighted by Crippen LogP contribution is 2.30. The Morgan fingerprint density at radius 1 is 1.14 bits per heavy atom. The number of hydrogen-bond acceptors (Lipinski definition) is 5. The van der Waals surface area contributed by atoms with Gasteiger partial charge in [-0.15, -0.1) is 23.7 Å². The van der Waals surface area contributed by atoms with Gasteiger partial charge in [0, 0.05) is 57.9 Å². The predicted molar refractivity (Wildman–Crippen MR) is 143 cm³/mol. The molecule has 2 aromatic heterocycles. The lowest BCUT2D eigenvalue weighted by atomic mass is 10.0. The molecule has 0 spiro atoms. The second-order valence-corrected chi connectivity index (χ2v) is 11.8. The highest BCUT2D eigenvalue weighted by molar-refractivity contribution is 7.13. The van der Waals surface area contributed by atoms with Gasteiger partial charge >= 0.3 is 0 Å². The largest absolute Gasteiger partial charge is 0.351 e. The first kappa shape index (κ1) is 25.9. The molecule has 188 valence electrons. The van der Waals surface area contributed by atoms with Crippen molar-refractivity contribution in [3.8, 4) is 0 Å². The number of fused-ring (bicyclic) bond motifs is 2. The molecule has 2 aliphatic rings. The number of nitrogens with one attached hydrogen (secondary N) is 3. The van der Waals surface area contributed by atoms with E-state index in [4.69, 9.17) is 11.6 Å². The first-order chi connectivity index (χ1) is 16.2. The zero-order chi connectivity index (χ0) is 24.0. The van der Waals surface area contributed by atoms with Crippen LogP contribution >= 0.6 is 35.3 Å². The van der Waals surface area contributed by atoms with E-state index in [0.717, 1.165) is 55.4 Å². The summed E-state index contributed by atoms with van der Waals surface area (Å²) in [6.45, 7) is 8.43. The summed E-state index contributed by atoms with van der Waals surface area (Å²) in [6.07, 6.45) is 3.49. The Morgan fingerprint density at radius 2 is 1.86 bits per heavy atom. The van der Waals surface area contributed by atoms with Crippen molar-refractivity contribution in [2.24, 2.45) is 0 Å². The van der Waals surface area contributed by atoms with E-state index in [-0.39, 0.29) is 41.8 Å². The zero-order valence-corrected chi connectivity index (χ0v) is 22.5. The Hall–Kier alpha value is -2.13. The number of carbonyl (C=O) groups excluding carboxylic acids is 2. The molecule has 5 rings (SSSR count). The Bertz CT molecular complexity index is 1250. The summed E-state index contributed by atoms with van der Waals surface area (Å²) in [7, 11) is 0. The molecule has 2 amide bonds. The van der Waals surface area contributed by atoms with Crippen LogP contribution in [0.5, 0.6) is 0 Å². The Morgan fingerprint density at radius 3 is 2.57 bits per heavy atom. The van der Waals surface area contributed by atoms with E-state index in [0.29, 0.717) is 15.7 Å². The number of H-pyrrole nitrogens is 1. The minimum Gasteiger partial charge on any atom is -0.351 e. The van der Waals surface area contributed by atoms with Crippen LogP contribution < -0.4 is 10.6 Å². The second-order valence-electron chi connectivity index (χ2n) is 10.2. The summed E-state index contributed by atoms with van der Waals surface area (Å²) in [5.74, 6) is -0.321. The fourth-order valence-electron chi connectivity index (χ4n) is 4.87. The first-order valence-corrected chi connectivity index (χ1v) is 13.0. The molecule has 0 unspecified atom stereocenters. The van der Waals surface area contributed by atoms with Crippen molar-refractivity contribution in [3.05, 3.63) is 50.6 Å². The third-order valence-electron chi connectivity index (χ3n) is 6.85. The second kappa shape index (κ2) is 10.1. The number of halogens is 2. The number of aromatic amines is 1. The number of hydrogen-bond donors (Lipinski definition) is 3. The van der Waals surface area contributed by atoms with Crippen LogP contribution in [0.25, 0.3) is 10.9 Å². The van der Waals surface area contributed by atoms with E-state index in [1.807, 2.05) is 12.1 Å². The summed E-state index contributed by atoms with van der Waals surface area (Å²) in [5.41, 5.74) is 2.50. The van der Waals surface area contributed by atoms with E-state index < -0.39 is 0 Å². The maximum Gasteiger partial charge on any atom is 0.280 e. The number of rotatable bonds is 4. The lowest BCUT2D eigenvalue weighted by molar-refractivity contribution is 0.0889. The van der Waals surface area contributed by atoms with Gasteiger partial charge in [0.15, 0.2) is 5.01 Å². The van der Waals surface area contributed by atoms with E-state index >= 15 is 0 Å². The van der Waals surface area contributed by atoms with Crippen LogP contribution in [0.4, 0.5) is 0 Å². The van der Waals surface area contributed by atoms with Gasteiger partial charge in [0.1, 0.15) is 5.69 Å². The van der Waals surface area contributed by atoms with Gasteiger partial charge in [-0.25, -0.2) is 4.98 Å². The monoisotopic (exact) mass is 535 g/mol. The molecule has 2 atom stereocenters. The first-order valence-electron chi connectivity index (χ1n) is 11.8. The molecule has 3 heterocycles. The van der Waals surface area contributed by atoms with Crippen molar-refractivity contribution >= 4 is 58.1 Å². The van der Waals surface area contributed by atoms with Crippen molar-refractivity contribution < 1.29 is 9.59 Å². The summed E-state index contributed by atoms with van der Waals surface area (Å²) in [5, 5.41) is 8.29. The molecule has 7 nitrogen and oxygen atoms in total. The molecule has 1 aliphatic heterocycles. The maximum atomic E-state index is 13.0. The highest BCUT2D eigenvalue weighted by Gasteiger charge is 2.33. The topological polar surface area (TPSA) is 90.1 Å². The molecule has 1 saturated carbocycles. The van der Waals surface area contributed by atoms with Crippen LogP contribution in [0.15, 0.2) is 24.3 Å². The zero-order valence-electron chi connectivity index (χ0n) is 20.1. The molecule has 3 aromatic rings. The predicted octanol–water partition coefficient (Wildman–Crippen LogP) is 4.94. The van der Waals surface area contributed by atoms with Crippen LogP contribution in [0.3, 0.4) is 0 Å². The summed E-state index contributed by atoms with van der Waals surface area (Å²) in [4.78, 5) is 37.3. The molecule has 10 heteroatoms. The van der Waals surface area contributed by atoms with Gasteiger partial charge < -0.3 is 15.6 Å². The maximum absolute atomic E-state index is 13.0. The molecule has 0 saturated heterocycles. The van der Waals surface area contributed by atoms with Crippen LogP contribution in [0.2, 0.25) is 5.02 Å². The number of benzene rings is 1. The van der Waals surface area contributed by atoms with Gasteiger partial charge in [-0.05, 0) is 64.3 Å². The van der Waals surface area contributed by atoms with Gasteiger partial charge in [0.2, 0.25) is 0 Å².